The zero-order chi connectivity index (χ0) is 24.9. The zero-order valence-corrected chi connectivity index (χ0v) is 23.7. The van der Waals surface area contributed by atoms with Gasteiger partial charge in [-0.3, -0.25) is 9.78 Å². The van der Waals surface area contributed by atoms with Crippen molar-refractivity contribution in [2.24, 2.45) is 0 Å². The highest BCUT2D eigenvalue weighted by atomic mass is 28.1. The molecule has 36 heavy (non-hydrogen) atoms. The Morgan fingerprint density at radius 3 is 2.67 bits per heavy atom. The number of hydrogen-bond donors (Lipinski definition) is 1. The number of benzene rings is 2. The molecule has 6 heteroatoms. The molecule has 3 fully saturated rings. The number of rotatable bonds is 7. The standard InChI is InChI=1S/C30H37N3O2Si/c1-19-9-10-22(35-29(36)27-11-15-33(27)2)18-24(19)28(34)32-30(12-13-30)25-16-21(20-6-3-4-7-20)17-26-23(25)8-5-14-31-26/h5,8-10,14,16-18,20,27,29H,3-4,6-7,11-13,15H2,1-2,36H3,(H,32,34)/t27-,29?/m0/s1. The van der Waals surface area contributed by atoms with E-state index in [0.717, 1.165) is 51.8 Å². The molecule has 5 nitrogen and oxygen atoms in total. The summed E-state index contributed by atoms with van der Waals surface area (Å²) in [5.74, 6) is 1.40. The van der Waals surface area contributed by atoms with Gasteiger partial charge in [-0.15, -0.1) is 0 Å². The number of nitrogens with zero attached hydrogens (tertiary/aromatic N) is 2. The first-order valence-corrected chi connectivity index (χ1v) is 14.8. The maximum Gasteiger partial charge on any atom is 0.252 e. The van der Waals surface area contributed by atoms with E-state index >= 15 is 0 Å². The molecule has 0 spiro atoms. The fourth-order valence-electron chi connectivity index (χ4n) is 6.31. The lowest BCUT2D eigenvalue weighted by molar-refractivity contribution is 0.0562. The number of aryl methyl sites for hydroxylation is 1. The molecule has 188 valence electrons. The summed E-state index contributed by atoms with van der Waals surface area (Å²) in [6.45, 7) is 3.15. The number of fused-ring (bicyclic) bond motifs is 1. The van der Waals surface area contributed by atoms with Crippen LogP contribution in [-0.4, -0.2) is 51.4 Å². The summed E-state index contributed by atoms with van der Waals surface area (Å²) in [5, 5.41) is 4.62. The second-order valence-corrected chi connectivity index (χ2v) is 12.4. The number of ether oxygens (including phenoxy) is 1. The van der Waals surface area contributed by atoms with Gasteiger partial charge >= 0.3 is 0 Å². The number of carbonyl (C=O) groups excluding carboxylic acids is 1. The summed E-state index contributed by atoms with van der Waals surface area (Å²) < 4.78 is 6.33. The number of likely N-dealkylation sites (tertiary alicyclic amines) is 1. The third kappa shape index (κ3) is 4.35. The van der Waals surface area contributed by atoms with Crippen LogP contribution in [0, 0.1) is 6.92 Å². The minimum absolute atomic E-state index is 0.00980. The highest BCUT2D eigenvalue weighted by Crippen LogP contribution is 2.49. The highest BCUT2D eigenvalue weighted by Gasteiger charge is 2.47. The molecule has 2 aromatic carbocycles. The third-order valence-corrected chi connectivity index (χ3v) is 9.85. The molecule has 1 aliphatic heterocycles. The van der Waals surface area contributed by atoms with Crippen LogP contribution in [-0.2, 0) is 5.54 Å². The van der Waals surface area contributed by atoms with Gasteiger partial charge in [-0.2, -0.15) is 0 Å². The van der Waals surface area contributed by atoms with Crippen LogP contribution in [0.1, 0.15) is 77.9 Å². The van der Waals surface area contributed by atoms with Crippen molar-refractivity contribution in [1.82, 2.24) is 15.2 Å². The van der Waals surface area contributed by atoms with Crippen LogP contribution in [0.5, 0.6) is 5.75 Å². The molecule has 1 N–H and O–H groups in total. The molecule has 2 atom stereocenters. The van der Waals surface area contributed by atoms with Gasteiger partial charge in [-0.25, -0.2) is 0 Å². The number of carbonyl (C=O) groups is 1. The summed E-state index contributed by atoms with van der Waals surface area (Å²) in [4.78, 5) is 20.7. The Bertz CT molecular complexity index is 1300. The largest absolute Gasteiger partial charge is 0.494 e. The molecule has 0 bridgehead atoms. The first-order valence-electron chi connectivity index (χ1n) is 13.6. The van der Waals surface area contributed by atoms with Gasteiger partial charge in [-0.1, -0.05) is 31.0 Å². The SMILES string of the molecule is Cc1ccc(OC([SiH3])[C@@H]2CCN2C)cc1C(=O)NC1(c2cc(C3CCCC3)cc3ncccc23)CC1. The second-order valence-electron chi connectivity index (χ2n) is 11.3. The molecule has 1 saturated heterocycles. The molecular weight excluding hydrogens is 462 g/mol. The number of hydrogen-bond acceptors (Lipinski definition) is 4. The topological polar surface area (TPSA) is 54.5 Å². The Hall–Kier alpha value is -2.70. The molecule has 6 rings (SSSR count). The van der Waals surface area contributed by atoms with Crippen molar-refractivity contribution < 1.29 is 9.53 Å². The predicted molar refractivity (Wildman–Crippen MR) is 148 cm³/mol. The van der Waals surface area contributed by atoms with E-state index in [1.54, 1.807) is 0 Å². The van der Waals surface area contributed by atoms with Crippen molar-refractivity contribution in [3.63, 3.8) is 0 Å². The highest BCUT2D eigenvalue weighted by molar-refractivity contribution is 6.11. The van der Waals surface area contributed by atoms with Crippen LogP contribution in [0.3, 0.4) is 0 Å². The van der Waals surface area contributed by atoms with Crippen LogP contribution in [0.15, 0.2) is 48.7 Å². The van der Waals surface area contributed by atoms with E-state index in [0.29, 0.717) is 17.5 Å². The molecule has 3 aromatic rings. The maximum atomic E-state index is 13.7. The van der Waals surface area contributed by atoms with Gasteiger partial charge in [0.25, 0.3) is 5.91 Å². The maximum absolute atomic E-state index is 13.7. The van der Waals surface area contributed by atoms with E-state index < -0.39 is 0 Å². The Balaban J connectivity index is 1.28. The van der Waals surface area contributed by atoms with Crippen LogP contribution in [0.2, 0.25) is 0 Å². The van der Waals surface area contributed by atoms with E-state index in [2.05, 4.69) is 35.5 Å². The summed E-state index contributed by atoms with van der Waals surface area (Å²) in [7, 11) is 3.12. The molecule has 1 aromatic heterocycles. The van der Waals surface area contributed by atoms with Gasteiger partial charge in [0.05, 0.1) is 27.0 Å². The Labute approximate surface area is 217 Å². The fourth-order valence-corrected chi connectivity index (χ4v) is 7.42. The molecule has 2 saturated carbocycles. The van der Waals surface area contributed by atoms with Crippen LogP contribution < -0.4 is 10.1 Å². The summed E-state index contributed by atoms with van der Waals surface area (Å²) in [6, 6.07) is 15.3. The average molecular weight is 500 g/mol. The summed E-state index contributed by atoms with van der Waals surface area (Å²) in [5.41, 5.74) is 5.28. The molecule has 2 heterocycles. The van der Waals surface area contributed by atoms with Crippen molar-refractivity contribution in [3.8, 4) is 5.75 Å². The minimum Gasteiger partial charge on any atom is -0.494 e. The number of pyridine rings is 1. The number of nitrogens with one attached hydrogen (secondary N) is 1. The first kappa shape index (κ1) is 23.7. The Morgan fingerprint density at radius 2 is 1.97 bits per heavy atom. The second kappa shape index (κ2) is 9.31. The van der Waals surface area contributed by atoms with Crippen LogP contribution in [0.4, 0.5) is 0 Å². The average Bonchev–Trinajstić information content (AvgIpc) is 3.42. The number of likely N-dealkylation sites (N-methyl/N-ethyl adjacent to an activating group) is 1. The Morgan fingerprint density at radius 1 is 1.17 bits per heavy atom. The van der Waals surface area contributed by atoms with Gasteiger partial charge in [0, 0.05) is 23.2 Å². The van der Waals surface area contributed by atoms with Crippen LogP contribution in [0.25, 0.3) is 10.9 Å². The van der Waals surface area contributed by atoms with E-state index in [4.69, 9.17) is 9.72 Å². The first-order chi connectivity index (χ1) is 17.4. The van der Waals surface area contributed by atoms with Crippen molar-refractivity contribution in [2.45, 2.75) is 75.1 Å². The van der Waals surface area contributed by atoms with Crippen molar-refractivity contribution in [1.29, 1.82) is 0 Å². The number of aromatic nitrogens is 1. The van der Waals surface area contributed by atoms with E-state index in [1.165, 1.54) is 43.2 Å². The monoisotopic (exact) mass is 499 g/mol. The Kier molecular flexibility index (Phi) is 6.12. The zero-order valence-electron chi connectivity index (χ0n) is 21.7. The fraction of sp³-hybridized carbons (Fsp3) is 0.467. The molecule has 3 aliphatic rings. The lowest BCUT2D eigenvalue weighted by atomic mass is 9.90. The normalized spacial score (nSPS) is 22.3. The van der Waals surface area contributed by atoms with Crippen molar-refractivity contribution >= 4 is 27.1 Å². The van der Waals surface area contributed by atoms with E-state index in [1.807, 2.05) is 37.4 Å². The molecule has 1 amide bonds. The molecule has 1 unspecified atom stereocenters. The summed E-state index contributed by atoms with van der Waals surface area (Å²) >= 11 is 0. The van der Waals surface area contributed by atoms with Crippen molar-refractivity contribution in [2.75, 3.05) is 13.6 Å². The third-order valence-electron chi connectivity index (χ3n) is 8.85. The minimum atomic E-state index is -0.314. The van der Waals surface area contributed by atoms with Crippen molar-refractivity contribution in [3.05, 3.63) is 70.9 Å². The van der Waals surface area contributed by atoms with E-state index in [9.17, 15) is 4.79 Å². The van der Waals surface area contributed by atoms with Gasteiger partial charge in [0.15, 0.2) is 0 Å². The van der Waals surface area contributed by atoms with Gasteiger partial charge < -0.3 is 15.0 Å². The summed E-state index contributed by atoms with van der Waals surface area (Å²) in [6.07, 6.45) is 10.1. The lowest BCUT2D eigenvalue weighted by Gasteiger charge is -2.41. The smallest absolute Gasteiger partial charge is 0.252 e. The molecule has 0 radical (unpaired) electrons. The van der Waals surface area contributed by atoms with E-state index in [-0.39, 0.29) is 17.2 Å². The van der Waals surface area contributed by atoms with Gasteiger partial charge in [-0.05, 0) is 99.5 Å². The quantitative estimate of drug-likeness (QED) is 0.490. The molecular formula is C30H37N3O2Si. The number of amides is 1. The lowest BCUT2D eigenvalue weighted by Crippen LogP contribution is -2.53. The van der Waals surface area contributed by atoms with Gasteiger partial charge in [0.2, 0.25) is 0 Å². The van der Waals surface area contributed by atoms with Gasteiger partial charge in [0.1, 0.15) is 5.75 Å². The van der Waals surface area contributed by atoms with Crippen LogP contribution >= 0.6 is 0 Å². The molecule has 2 aliphatic carbocycles. The predicted octanol–water partition coefficient (Wildman–Crippen LogP) is 4.39.